The summed E-state index contributed by atoms with van der Waals surface area (Å²) in [5.41, 5.74) is 9.24. The number of unbranched alkanes of at least 4 members (excludes halogenated alkanes) is 1. The summed E-state index contributed by atoms with van der Waals surface area (Å²) in [6.45, 7) is 5.18. The van der Waals surface area contributed by atoms with Crippen LogP contribution in [0, 0.1) is 0 Å². The maximum Gasteiger partial charge on any atom is 0.333 e. The molecule has 0 bridgehead atoms. The number of benzene rings is 4. The van der Waals surface area contributed by atoms with Crippen molar-refractivity contribution in [2.75, 3.05) is 19.8 Å². The zero-order chi connectivity index (χ0) is 30.0. The van der Waals surface area contributed by atoms with Gasteiger partial charge < -0.3 is 19.3 Å². The molecule has 1 aliphatic rings. The van der Waals surface area contributed by atoms with Gasteiger partial charge in [-0.25, -0.2) is 4.79 Å². The van der Waals surface area contributed by atoms with Crippen LogP contribution in [-0.4, -0.2) is 37.0 Å². The summed E-state index contributed by atoms with van der Waals surface area (Å²) in [7, 11) is 0. The van der Waals surface area contributed by atoms with E-state index in [1.807, 2.05) is 30.3 Å². The van der Waals surface area contributed by atoms with Crippen molar-refractivity contribution in [3.05, 3.63) is 124 Å². The summed E-state index contributed by atoms with van der Waals surface area (Å²) >= 11 is 0. The normalized spacial score (nSPS) is 14.4. The van der Waals surface area contributed by atoms with Gasteiger partial charge in [-0.2, -0.15) is 0 Å². The topological polar surface area (TPSA) is 65.0 Å². The van der Waals surface area contributed by atoms with E-state index in [1.165, 1.54) is 27.8 Å². The number of hydrogen-bond donors (Lipinski definition) is 1. The molecule has 4 aromatic rings. The van der Waals surface area contributed by atoms with Crippen LogP contribution < -0.4 is 4.74 Å². The fourth-order valence-corrected chi connectivity index (χ4v) is 5.51. The second-order valence-electron chi connectivity index (χ2n) is 10.8. The van der Waals surface area contributed by atoms with Gasteiger partial charge in [0.2, 0.25) is 0 Å². The monoisotopic (exact) mass is 576 g/mol. The molecule has 5 nitrogen and oxygen atoms in total. The number of aryl methyl sites for hydroxylation is 1. The van der Waals surface area contributed by atoms with E-state index >= 15 is 0 Å². The molecule has 2 unspecified atom stereocenters. The van der Waals surface area contributed by atoms with Gasteiger partial charge in [-0.1, -0.05) is 98.3 Å². The Hall–Kier alpha value is -4.19. The lowest BCUT2D eigenvalue weighted by Crippen LogP contribution is -2.26. The molecular formula is C38H40O5. The van der Waals surface area contributed by atoms with Crippen LogP contribution in [0.25, 0.3) is 23.3 Å². The molecule has 1 N–H and O–H groups in total. The van der Waals surface area contributed by atoms with Crippen molar-refractivity contribution >= 4 is 18.1 Å². The molecule has 0 aliphatic heterocycles. The summed E-state index contributed by atoms with van der Waals surface area (Å²) in [5, 5.41) is 9.36. The second kappa shape index (κ2) is 14.8. The third-order valence-corrected chi connectivity index (χ3v) is 7.80. The third-order valence-electron chi connectivity index (χ3n) is 7.80. The van der Waals surface area contributed by atoms with Crippen LogP contribution in [-0.2, 0) is 27.1 Å². The zero-order valence-corrected chi connectivity index (χ0v) is 25.0. The molecule has 5 rings (SSSR count). The van der Waals surface area contributed by atoms with Gasteiger partial charge in [-0.3, -0.25) is 0 Å². The van der Waals surface area contributed by atoms with Crippen molar-refractivity contribution in [3.8, 4) is 16.9 Å². The maximum absolute atomic E-state index is 11.4. The maximum atomic E-state index is 11.4. The number of fused-ring (bicyclic) bond motifs is 2. The Balaban J connectivity index is 1.31. The Kier molecular flexibility index (Phi) is 10.4. The highest BCUT2D eigenvalue weighted by Crippen LogP contribution is 2.38. The quantitative estimate of drug-likeness (QED) is 0.153. The lowest BCUT2D eigenvalue weighted by Gasteiger charge is -2.22. The molecule has 4 aromatic carbocycles. The van der Waals surface area contributed by atoms with Crippen LogP contribution >= 0.6 is 0 Å². The minimum absolute atomic E-state index is 0.219. The molecule has 2 atom stereocenters. The van der Waals surface area contributed by atoms with E-state index in [1.54, 1.807) is 6.92 Å². The molecule has 0 saturated carbocycles. The van der Waals surface area contributed by atoms with E-state index in [-0.39, 0.29) is 6.10 Å². The van der Waals surface area contributed by atoms with Gasteiger partial charge in [0.05, 0.1) is 6.61 Å². The molecule has 0 spiro atoms. The molecular weight excluding hydrogens is 536 g/mol. The zero-order valence-electron chi connectivity index (χ0n) is 25.0. The Bertz CT molecular complexity index is 1520. The Labute approximate surface area is 254 Å². The number of aliphatic carboxylic acids is 1. The fraction of sp³-hybridized carbons (Fsp3) is 0.289. The van der Waals surface area contributed by atoms with E-state index in [2.05, 4.69) is 79.7 Å². The summed E-state index contributed by atoms with van der Waals surface area (Å²) < 4.78 is 18.0. The minimum atomic E-state index is -0.954. The highest BCUT2D eigenvalue weighted by molar-refractivity contribution is 5.79. The number of carboxylic acid groups (broad SMARTS) is 1. The molecule has 0 heterocycles. The second-order valence-corrected chi connectivity index (χ2v) is 10.8. The van der Waals surface area contributed by atoms with Crippen molar-refractivity contribution in [1.29, 1.82) is 0 Å². The molecule has 0 saturated heterocycles. The number of ether oxygens (including phenoxy) is 3. The van der Waals surface area contributed by atoms with Crippen LogP contribution in [0.3, 0.4) is 0 Å². The Morgan fingerprint density at radius 3 is 2.30 bits per heavy atom. The average molecular weight is 577 g/mol. The van der Waals surface area contributed by atoms with E-state index in [9.17, 15) is 9.90 Å². The summed E-state index contributed by atoms with van der Waals surface area (Å²) in [5.74, 6) is -0.238. The van der Waals surface area contributed by atoms with Gasteiger partial charge in [0.25, 0.3) is 0 Å². The van der Waals surface area contributed by atoms with Gasteiger partial charge in [0.1, 0.15) is 18.5 Å². The number of hydrogen-bond acceptors (Lipinski definition) is 4. The van der Waals surface area contributed by atoms with Crippen molar-refractivity contribution in [3.63, 3.8) is 0 Å². The average Bonchev–Trinajstić information content (AvgIpc) is 3.19. The fourth-order valence-electron chi connectivity index (χ4n) is 5.51. The summed E-state index contributed by atoms with van der Waals surface area (Å²) in [4.78, 5) is 11.4. The van der Waals surface area contributed by atoms with Crippen LogP contribution in [0.15, 0.2) is 91.0 Å². The van der Waals surface area contributed by atoms with Crippen molar-refractivity contribution in [2.45, 2.75) is 51.7 Å². The third kappa shape index (κ3) is 7.81. The van der Waals surface area contributed by atoms with Crippen LogP contribution in [0.5, 0.6) is 5.75 Å². The van der Waals surface area contributed by atoms with Crippen molar-refractivity contribution in [1.82, 2.24) is 0 Å². The lowest BCUT2D eigenvalue weighted by atomic mass is 9.92. The summed E-state index contributed by atoms with van der Waals surface area (Å²) in [6, 6.07) is 31.4. The first-order valence-electron chi connectivity index (χ1n) is 15.2. The largest absolute Gasteiger partial charge is 0.491 e. The predicted molar refractivity (Wildman–Crippen MR) is 172 cm³/mol. The molecule has 1 aliphatic carbocycles. The highest BCUT2D eigenvalue weighted by atomic mass is 16.5. The van der Waals surface area contributed by atoms with Gasteiger partial charge in [0.15, 0.2) is 6.10 Å². The number of rotatable bonds is 14. The number of carbonyl (C=O) groups is 1. The van der Waals surface area contributed by atoms with Gasteiger partial charge in [0, 0.05) is 13.0 Å². The van der Waals surface area contributed by atoms with Crippen molar-refractivity contribution < 1.29 is 24.1 Å². The highest BCUT2D eigenvalue weighted by Gasteiger charge is 2.23. The molecule has 0 aromatic heterocycles. The predicted octanol–water partition coefficient (Wildman–Crippen LogP) is 8.40. The molecule has 0 radical (unpaired) electrons. The van der Waals surface area contributed by atoms with E-state index in [0.29, 0.717) is 32.0 Å². The number of carboxylic acids is 1. The minimum Gasteiger partial charge on any atom is -0.491 e. The SMILES string of the molecule is CCCCc1ccc2c(c1)C(OCCOc1ccc(CC(OCC)C(=O)O)cc1)c1ccc(-c3ccccc3)cc1C=C2. The van der Waals surface area contributed by atoms with Gasteiger partial charge in [-0.15, -0.1) is 0 Å². The smallest absolute Gasteiger partial charge is 0.333 e. The molecule has 0 fully saturated rings. The first-order chi connectivity index (χ1) is 21.1. The Morgan fingerprint density at radius 2 is 1.56 bits per heavy atom. The first kappa shape index (κ1) is 30.3. The Morgan fingerprint density at radius 1 is 0.791 bits per heavy atom. The molecule has 43 heavy (non-hydrogen) atoms. The van der Waals surface area contributed by atoms with Gasteiger partial charge in [-0.05, 0) is 82.5 Å². The van der Waals surface area contributed by atoms with E-state index < -0.39 is 12.1 Å². The molecule has 222 valence electrons. The van der Waals surface area contributed by atoms with E-state index in [4.69, 9.17) is 14.2 Å². The standard InChI is InChI=1S/C38H40O5/c1-3-5-9-27-12-15-30-16-17-32-26-31(29-10-7-6-8-11-29)18-21-34(32)37(35(30)24-27)43-23-22-42-33-19-13-28(14-20-33)25-36(38(39)40)41-4-2/h6-8,10-21,24,26,36-37H,3-5,9,22-23,25H2,1-2H3,(H,39,40). The summed E-state index contributed by atoms with van der Waals surface area (Å²) in [6.07, 6.45) is 7.02. The van der Waals surface area contributed by atoms with Crippen LogP contribution in [0.1, 0.15) is 66.2 Å². The van der Waals surface area contributed by atoms with Crippen LogP contribution in [0.4, 0.5) is 0 Å². The first-order valence-corrected chi connectivity index (χ1v) is 15.2. The molecule has 0 amide bonds. The van der Waals surface area contributed by atoms with Crippen molar-refractivity contribution in [2.24, 2.45) is 0 Å². The van der Waals surface area contributed by atoms with Gasteiger partial charge >= 0.3 is 5.97 Å². The van der Waals surface area contributed by atoms with Crippen LogP contribution in [0.2, 0.25) is 0 Å². The lowest BCUT2D eigenvalue weighted by molar-refractivity contribution is -0.149. The molecule has 5 heteroatoms. The van der Waals surface area contributed by atoms with E-state index in [0.717, 1.165) is 36.0 Å².